The molecule has 1 aromatic carbocycles. The van der Waals surface area contributed by atoms with Crippen molar-refractivity contribution in [3.05, 3.63) is 28.3 Å². The van der Waals surface area contributed by atoms with Crippen LogP contribution in [0.2, 0.25) is 0 Å². The molecule has 0 atom stereocenters. The molecule has 0 aromatic heterocycles. The molecule has 1 rings (SSSR count). The fourth-order valence-electron chi connectivity index (χ4n) is 0.942. The van der Waals surface area contributed by atoms with Crippen LogP contribution in [0.4, 0.5) is 5.69 Å². The van der Waals surface area contributed by atoms with Crippen LogP contribution in [0.25, 0.3) is 0 Å². The first-order valence-corrected chi connectivity index (χ1v) is 3.47. The fourth-order valence-corrected chi connectivity index (χ4v) is 0.942. The van der Waals surface area contributed by atoms with Crippen LogP contribution in [0.1, 0.15) is 0 Å². The third-order valence-electron chi connectivity index (χ3n) is 1.52. The van der Waals surface area contributed by atoms with E-state index in [0.29, 0.717) is 0 Å². The van der Waals surface area contributed by atoms with Gasteiger partial charge in [0.1, 0.15) is 0 Å². The van der Waals surface area contributed by atoms with Crippen molar-refractivity contribution >= 4 is 5.69 Å². The summed E-state index contributed by atoms with van der Waals surface area (Å²) in [6.07, 6.45) is 0. The summed E-state index contributed by atoms with van der Waals surface area (Å²) in [6.45, 7) is 0. The SMILES string of the molecule is COc1c[c]cc(OC)c1[N+](=O)[O-]. The van der Waals surface area contributed by atoms with Crippen molar-refractivity contribution in [3.63, 3.8) is 0 Å². The molecule has 0 aliphatic heterocycles. The Morgan fingerprint density at radius 1 is 1.31 bits per heavy atom. The van der Waals surface area contributed by atoms with Crippen molar-refractivity contribution in [2.24, 2.45) is 0 Å². The minimum atomic E-state index is -0.550. The van der Waals surface area contributed by atoms with Crippen molar-refractivity contribution in [1.29, 1.82) is 0 Å². The number of rotatable bonds is 3. The van der Waals surface area contributed by atoms with E-state index in [-0.39, 0.29) is 17.2 Å². The van der Waals surface area contributed by atoms with Crippen LogP contribution in [0, 0.1) is 16.2 Å². The lowest BCUT2D eigenvalue weighted by molar-refractivity contribution is -0.386. The number of ether oxygens (including phenoxy) is 2. The molecule has 69 valence electrons. The van der Waals surface area contributed by atoms with Gasteiger partial charge < -0.3 is 9.47 Å². The second-order valence-electron chi connectivity index (χ2n) is 2.20. The van der Waals surface area contributed by atoms with E-state index in [1.807, 2.05) is 0 Å². The minimum absolute atomic E-state index is 0.143. The van der Waals surface area contributed by atoms with Gasteiger partial charge in [-0.25, -0.2) is 0 Å². The Morgan fingerprint density at radius 3 is 2.08 bits per heavy atom. The van der Waals surface area contributed by atoms with E-state index in [4.69, 9.17) is 9.47 Å². The minimum Gasteiger partial charge on any atom is -0.490 e. The Morgan fingerprint density at radius 2 is 1.77 bits per heavy atom. The van der Waals surface area contributed by atoms with Gasteiger partial charge in [0.2, 0.25) is 11.5 Å². The van der Waals surface area contributed by atoms with Crippen LogP contribution < -0.4 is 9.47 Å². The molecule has 0 spiro atoms. The van der Waals surface area contributed by atoms with Crippen molar-refractivity contribution < 1.29 is 14.4 Å². The highest BCUT2D eigenvalue weighted by Gasteiger charge is 2.20. The predicted molar refractivity (Wildman–Crippen MR) is 45.0 cm³/mol. The lowest BCUT2D eigenvalue weighted by Gasteiger charge is -2.04. The molecule has 1 radical (unpaired) electrons. The van der Waals surface area contributed by atoms with Gasteiger partial charge in [0.15, 0.2) is 0 Å². The van der Waals surface area contributed by atoms with E-state index >= 15 is 0 Å². The standard InChI is InChI=1S/C8H8NO4/c1-12-6-4-3-5-7(13-2)8(6)9(10)11/h4-5H,1-2H3. The maximum absolute atomic E-state index is 10.6. The second-order valence-corrected chi connectivity index (χ2v) is 2.20. The summed E-state index contributed by atoms with van der Waals surface area (Å²) in [5.41, 5.74) is -0.177. The molecule has 5 heteroatoms. The Balaban J connectivity index is 3.29. The molecule has 0 saturated carbocycles. The molecule has 0 saturated heterocycles. The third kappa shape index (κ3) is 1.69. The highest BCUT2D eigenvalue weighted by molar-refractivity contribution is 5.56. The van der Waals surface area contributed by atoms with Crippen LogP contribution in [0.5, 0.6) is 11.5 Å². The van der Waals surface area contributed by atoms with Crippen LogP contribution in [0.3, 0.4) is 0 Å². The number of hydrogen-bond acceptors (Lipinski definition) is 4. The fraction of sp³-hybridized carbons (Fsp3) is 0.250. The van der Waals surface area contributed by atoms with E-state index in [1.54, 1.807) is 0 Å². The van der Waals surface area contributed by atoms with Crippen molar-refractivity contribution in [1.82, 2.24) is 0 Å². The summed E-state index contributed by atoms with van der Waals surface area (Å²) in [7, 11) is 2.71. The topological polar surface area (TPSA) is 61.6 Å². The first kappa shape index (κ1) is 9.31. The molecule has 5 nitrogen and oxygen atoms in total. The van der Waals surface area contributed by atoms with Crippen molar-refractivity contribution in [2.45, 2.75) is 0 Å². The number of methoxy groups -OCH3 is 2. The Bertz CT molecular complexity index is 302. The maximum atomic E-state index is 10.6. The lowest BCUT2D eigenvalue weighted by Crippen LogP contribution is -1.96. The zero-order valence-electron chi connectivity index (χ0n) is 7.23. The van der Waals surface area contributed by atoms with E-state index in [0.717, 1.165) is 0 Å². The summed E-state index contributed by atoms with van der Waals surface area (Å²) in [6, 6.07) is 5.45. The third-order valence-corrected chi connectivity index (χ3v) is 1.52. The quantitative estimate of drug-likeness (QED) is 0.523. The molecule has 0 fully saturated rings. The molecule has 0 aliphatic carbocycles. The molecular weight excluding hydrogens is 174 g/mol. The molecule has 0 amide bonds. The maximum Gasteiger partial charge on any atom is 0.352 e. The second kappa shape index (κ2) is 3.75. The molecular formula is C8H8NO4. The number of hydrogen-bond donors (Lipinski definition) is 0. The van der Waals surface area contributed by atoms with Gasteiger partial charge in [-0.15, -0.1) is 0 Å². The Hall–Kier alpha value is -1.78. The summed E-state index contributed by atoms with van der Waals surface area (Å²) in [5.74, 6) is 0.286. The number of nitro benzene ring substituents is 1. The van der Waals surface area contributed by atoms with Gasteiger partial charge in [0.25, 0.3) is 0 Å². The average Bonchev–Trinajstić information content (AvgIpc) is 2.16. The van der Waals surface area contributed by atoms with Crippen LogP contribution in [-0.4, -0.2) is 19.1 Å². The average molecular weight is 182 g/mol. The molecule has 0 N–H and O–H groups in total. The molecule has 0 aliphatic rings. The summed E-state index contributed by atoms with van der Waals surface area (Å²) < 4.78 is 9.59. The van der Waals surface area contributed by atoms with Crippen molar-refractivity contribution in [3.8, 4) is 11.5 Å². The largest absolute Gasteiger partial charge is 0.490 e. The molecule has 0 heterocycles. The highest BCUT2D eigenvalue weighted by Crippen LogP contribution is 2.35. The highest BCUT2D eigenvalue weighted by atomic mass is 16.6. The zero-order valence-corrected chi connectivity index (χ0v) is 7.23. The van der Waals surface area contributed by atoms with E-state index in [9.17, 15) is 10.1 Å². The van der Waals surface area contributed by atoms with Crippen LogP contribution in [0.15, 0.2) is 12.1 Å². The molecule has 13 heavy (non-hydrogen) atoms. The zero-order chi connectivity index (χ0) is 9.84. The van der Waals surface area contributed by atoms with Gasteiger partial charge in [0.05, 0.1) is 19.1 Å². The monoisotopic (exact) mass is 182 g/mol. The molecule has 0 unspecified atom stereocenters. The smallest absolute Gasteiger partial charge is 0.352 e. The van der Waals surface area contributed by atoms with Gasteiger partial charge >= 0.3 is 5.69 Å². The predicted octanol–water partition coefficient (Wildman–Crippen LogP) is 1.41. The van der Waals surface area contributed by atoms with Gasteiger partial charge in [-0.3, -0.25) is 10.1 Å². The number of nitro groups is 1. The van der Waals surface area contributed by atoms with Gasteiger partial charge in [-0.1, -0.05) is 0 Å². The number of nitrogens with zero attached hydrogens (tertiary/aromatic N) is 1. The van der Waals surface area contributed by atoms with Gasteiger partial charge in [-0.2, -0.15) is 0 Å². The molecule has 0 bridgehead atoms. The first-order chi connectivity index (χ1) is 6.20. The van der Waals surface area contributed by atoms with Gasteiger partial charge in [0, 0.05) is 0 Å². The Kier molecular flexibility index (Phi) is 2.69. The van der Waals surface area contributed by atoms with Crippen LogP contribution >= 0.6 is 0 Å². The van der Waals surface area contributed by atoms with Gasteiger partial charge in [-0.05, 0) is 18.2 Å². The molecule has 1 aromatic rings. The number of benzene rings is 1. The lowest BCUT2D eigenvalue weighted by atomic mass is 10.3. The first-order valence-electron chi connectivity index (χ1n) is 3.47. The Labute approximate surface area is 75.0 Å². The van der Waals surface area contributed by atoms with E-state index in [2.05, 4.69) is 6.07 Å². The summed E-state index contributed by atoms with van der Waals surface area (Å²) in [5, 5.41) is 10.6. The van der Waals surface area contributed by atoms with E-state index < -0.39 is 4.92 Å². The normalized spacial score (nSPS) is 9.38. The van der Waals surface area contributed by atoms with Crippen molar-refractivity contribution in [2.75, 3.05) is 14.2 Å². The van der Waals surface area contributed by atoms with Crippen LogP contribution in [-0.2, 0) is 0 Å². The summed E-state index contributed by atoms with van der Waals surface area (Å²) >= 11 is 0. The van der Waals surface area contributed by atoms with E-state index in [1.165, 1.54) is 26.4 Å². The summed E-state index contributed by atoms with van der Waals surface area (Å²) in [4.78, 5) is 10.0.